The van der Waals surface area contributed by atoms with Gasteiger partial charge in [0.1, 0.15) is 0 Å². The van der Waals surface area contributed by atoms with Crippen molar-refractivity contribution in [3.63, 3.8) is 0 Å². The first kappa shape index (κ1) is 13.7. The monoisotopic (exact) mass is 291 g/mol. The number of alkyl halides is 3. The fraction of sp³-hybridized carbons (Fsp3) is 0.188. The second kappa shape index (κ2) is 4.35. The lowest BCUT2D eigenvalue weighted by molar-refractivity contribution is -0.0939. The molecule has 0 bridgehead atoms. The molecule has 1 aromatic heterocycles. The zero-order valence-corrected chi connectivity index (χ0v) is 11.5. The Morgan fingerprint density at radius 2 is 1.62 bits per heavy atom. The first-order chi connectivity index (χ1) is 9.82. The fourth-order valence-corrected chi connectivity index (χ4v) is 2.76. The molecular weight excluding hydrogens is 279 g/mol. The van der Waals surface area contributed by atoms with Gasteiger partial charge in [0.2, 0.25) is 0 Å². The molecule has 0 N–H and O–H groups in total. The van der Waals surface area contributed by atoms with Gasteiger partial charge in [-0.2, -0.15) is 13.2 Å². The molecule has 0 radical (unpaired) electrons. The highest BCUT2D eigenvalue weighted by Gasteiger charge is 2.41. The highest BCUT2D eigenvalue weighted by molar-refractivity contribution is 6.16. The van der Waals surface area contributed by atoms with Gasteiger partial charge in [-0.25, -0.2) is 0 Å². The van der Waals surface area contributed by atoms with E-state index in [0.717, 1.165) is 10.1 Å². The van der Waals surface area contributed by atoms with Crippen LogP contribution in [0.1, 0.15) is 15.9 Å². The van der Waals surface area contributed by atoms with Crippen molar-refractivity contribution in [2.75, 3.05) is 0 Å². The minimum Gasteiger partial charge on any atom is -0.272 e. The van der Waals surface area contributed by atoms with Gasteiger partial charge in [-0.1, -0.05) is 30.3 Å². The van der Waals surface area contributed by atoms with Gasteiger partial charge in [0.25, 0.3) is 0 Å². The Morgan fingerprint density at radius 1 is 1.00 bits per heavy atom. The van der Waals surface area contributed by atoms with Crippen LogP contribution in [-0.2, 0) is 0 Å². The maximum absolute atomic E-state index is 12.9. The van der Waals surface area contributed by atoms with Crippen molar-refractivity contribution in [2.45, 2.75) is 20.0 Å². The van der Waals surface area contributed by atoms with Crippen LogP contribution in [0.25, 0.3) is 21.8 Å². The number of carbonyl (C=O) groups excluding carboxylic acids is 1. The third-order valence-corrected chi connectivity index (χ3v) is 3.67. The van der Waals surface area contributed by atoms with Gasteiger partial charge in [0, 0.05) is 10.8 Å². The number of halogens is 3. The molecule has 0 fully saturated rings. The van der Waals surface area contributed by atoms with Crippen LogP contribution >= 0.6 is 0 Å². The summed E-state index contributed by atoms with van der Waals surface area (Å²) in [5.41, 5.74) is 2.11. The lowest BCUT2D eigenvalue weighted by Gasteiger charge is -2.10. The predicted octanol–water partition coefficient (Wildman–Crippen LogP) is 4.61. The van der Waals surface area contributed by atoms with Gasteiger partial charge in [0.15, 0.2) is 0 Å². The minimum atomic E-state index is -4.91. The average molecular weight is 291 g/mol. The van der Waals surface area contributed by atoms with Gasteiger partial charge in [0.05, 0.1) is 11.0 Å². The van der Waals surface area contributed by atoms with Crippen LogP contribution in [0.3, 0.4) is 0 Å². The van der Waals surface area contributed by atoms with Crippen LogP contribution in [0.2, 0.25) is 0 Å². The van der Waals surface area contributed by atoms with Crippen molar-refractivity contribution in [1.29, 1.82) is 0 Å². The molecule has 0 atom stereocenters. The number of aromatic nitrogens is 1. The van der Waals surface area contributed by atoms with E-state index in [1.54, 1.807) is 31.2 Å². The van der Waals surface area contributed by atoms with Crippen molar-refractivity contribution in [3.05, 3.63) is 47.5 Å². The third-order valence-electron chi connectivity index (χ3n) is 3.67. The fourth-order valence-electron chi connectivity index (χ4n) is 2.76. The molecular formula is C16H12F3NO. The zero-order valence-electron chi connectivity index (χ0n) is 11.5. The molecule has 0 aliphatic heterocycles. The molecule has 21 heavy (non-hydrogen) atoms. The van der Waals surface area contributed by atoms with Crippen LogP contribution < -0.4 is 0 Å². The molecule has 0 aliphatic carbocycles. The zero-order chi connectivity index (χ0) is 15.4. The summed E-state index contributed by atoms with van der Waals surface area (Å²) < 4.78 is 39.6. The number of carbonyl (C=O) groups is 1. The highest BCUT2D eigenvalue weighted by Crippen LogP contribution is 2.35. The standard InChI is InChI=1S/C16H12F3NO/c1-9-7-8-10(2)14-13(9)11-5-3-4-6-12(11)20(14)15(21)16(17,18)19/h3-8H,1-2H3. The highest BCUT2D eigenvalue weighted by atomic mass is 19.4. The smallest absolute Gasteiger partial charge is 0.272 e. The number of hydrogen-bond donors (Lipinski definition) is 0. The Labute approximate surface area is 118 Å². The van der Waals surface area contributed by atoms with Gasteiger partial charge in [-0.3, -0.25) is 9.36 Å². The Morgan fingerprint density at radius 3 is 2.29 bits per heavy atom. The van der Waals surface area contributed by atoms with Crippen LogP contribution in [-0.4, -0.2) is 16.7 Å². The molecule has 108 valence electrons. The summed E-state index contributed by atoms with van der Waals surface area (Å²) in [6, 6.07) is 10.3. The summed E-state index contributed by atoms with van der Waals surface area (Å²) in [7, 11) is 0. The number of fused-ring (bicyclic) bond motifs is 3. The summed E-state index contributed by atoms with van der Waals surface area (Å²) in [5, 5.41) is 1.36. The molecule has 0 spiro atoms. The molecule has 0 amide bonds. The van der Waals surface area contributed by atoms with E-state index in [0.29, 0.717) is 21.9 Å². The van der Waals surface area contributed by atoms with Crippen molar-refractivity contribution in [1.82, 2.24) is 4.57 Å². The summed E-state index contributed by atoms with van der Waals surface area (Å²) in [5.74, 6) is -1.86. The van der Waals surface area contributed by atoms with E-state index in [-0.39, 0.29) is 5.52 Å². The Hall–Kier alpha value is -2.30. The molecule has 3 rings (SSSR count). The maximum atomic E-state index is 12.9. The van der Waals surface area contributed by atoms with Crippen LogP contribution in [0, 0.1) is 13.8 Å². The van der Waals surface area contributed by atoms with Crippen molar-refractivity contribution in [3.8, 4) is 0 Å². The van der Waals surface area contributed by atoms with Crippen molar-refractivity contribution in [2.24, 2.45) is 0 Å². The van der Waals surface area contributed by atoms with E-state index in [9.17, 15) is 18.0 Å². The molecule has 2 nitrogen and oxygen atoms in total. The number of para-hydroxylation sites is 1. The largest absolute Gasteiger partial charge is 0.472 e. The quantitative estimate of drug-likeness (QED) is 0.592. The summed E-state index contributed by atoms with van der Waals surface area (Å²) in [4.78, 5) is 11.9. The lowest BCUT2D eigenvalue weighted by Crippen LogP contribution is -2.29. The van der Waals surface area contributed by atoms with E-state index in [2.05, 4.69) is 0 Å². The normalized spacial score (nSPS) is 12.2. The maximum Gasteiger partial charge on any atom is 0.472 e. The van der Waals surface area contributed by atoms with Gasteiger partial charge < -0.3 is 0 Å². The second-order valence-electron chi connectivity index (χ2n) is 5.08. The third kappa shape index (κ3) is 1.92. The predicted molar refractivity (Wildman–Crippen MR) is 75.6 cm³/mol. The minimum absolute atomic E-state index is 0.284. The van der Waals surface area contributed by atoms with Crippen LogP contribution in [0.5, 0.6) is 0 Å². The van der Waals surface area contributed by atoms with E-state index >= 15 is 0 Å². The number of benzene rings is 2. The number of aryl methyl sites for hydroxylation is 2. The Balaban J connectivity index is 2.58. The van der Waals surface area contributed by atoms with Gasteiger partial charge in [-0.05, 0) is 31.0 Å². The van der Waals surface area contributed by atoms with Gasteiger partial charge in [-0.15, -0.1) is 0 Å². The van der Waals surface area contributed by atoms with E-state index in [4.69, 9.17) is 0 Å². The van der Waals surface area contributed by atoms with Crippen LogP contribution in [0.4, 0.5) is 13.2 Å². The molecule has 3 aromatic rings. The second-order valence-corrected chi connectivity index (χ2v) is 5.08. The summed E-state index contributed by atoms with van der Waals surface area (Å²) in [6.45, 7) is 3.54. The number of hydrogen-bond acceptors (Lipinski definition) is 1. The molecule has 1 heterocycles. The topological polar surface area (TPSA) is 22.0 Å². The molecule has 0 aliphatic rings. The molecule has 0 unspecified atom stereocenters. The van der Waals surface area contributed by atoms with E-state index in [1.807, 2.05) is 13.0 Å². The van der Waals surface area contributed by atoms with E-state index in [1.165, 1.54) is 6.07 Å². The molecule has 5 heteroatoms. The molecule has 0 saturated heterocycles. The number of rotatable bonds is 0. The van der Waals surface area contributed by atoms with Crippen LogP contribution in [0.15, 0.2) is 36.4 Å². The van der Waals surface area contributed by atoms with E-state index < -0.39 is 12.1 Å². The summed E-state index contributed by atoms with van der Waals surface area (Å²) in [6.07, 6.45) is -4.91. The van der Waals surface area contributed by atoms with Gasteiger partial charge >= 0.3 is 12.1 Å². The number of nitrogens with zero attached hydrogens (tertiary/aromatic N) is 1. The Bertz CT molecular complexity index is 874. The first-order valence-corrected chi connectivity index (χ1v) is 6.43. The molecule has 2 aromatic carbocycles. The average Bonchev–Trinajstić information content (AvgIpc) is 2.77. The van der Waals surface area contributed by atoms with Crippen molar-refractivity contribution >= 4 is 27.7 Å². The SMILES string of the molecule is Cc1ccc(C)c2c1c1ccccc1n2C(=O)C(F)(F)F. The lowest BCUT2D eigenvalue weighted by atomic mass is 10.0. The Kier molecular flexibility index (Phi) is 2.83. The van der Waals surface area contributed by atoms with Crippen molar-refractivity contribution < 1.29 is 18.0 Å². The molecule has 0 saturated carbocycles. The summed E-state index contributed by atoms with van der Waals surface area (Å²) >= 11 is 0. The first-order valence-electron chi connectivity index (χ1n) is 6.43.